The number of nitrogens with two attached hydrogens (primary N) is 1. The standard InChI is InChI=1S/C9H8BrNO4.C9H12BrNO2/c1-15-9-5-7(10)6(4-8(9)12)2-3-11(13)14;1-13-9-5-7(10)6(2-3-11)4-8(9)12/h2-5,12H,1H3;4-5,12H,2-3,11H2,1H3/b3-2+;. The summed E-state index contributed by atoms with van der Waals surface area (Å²) < 4.78 is 11.3. The van der Waals surface area contributed by atoms with E-state index < -0.39 is 4.92 Å². The molecule has 2 aromatic rings. The first-order valence-corrected chi connectivity index (χ1v) is 9.45. The van der Waals surface area contributed by atoms with Gasteiger partial charge in [0, 0.05) is 15.0 Å². The fourth-order valence-electron chi connectivity index (χ4n) is 2.09. The highest BCUT2D eigenvalue weighted by Crippen LogP contribution is 2.33. The average Bonchev–Trinajstić information content (AvgIpc) is 2.65. The molecule has 0 spiro atoms. The zero-order valence-corrected chi connectivity index (χ0v) is 18.4. The first-order valence-electron chi connectivity index (χ1n) is 7.87. The molecule has 0 bridgehead atoms. The number of halogens is 2. The summed E-state index contributed by atoms with van der Waals surface area (Å²) in [7, 11) is 2.94. The highest BCUT2D eigenvalue weighted by molar-refractivity contribution is 9.10. The molecule has 8 nitrogen and oxygen atoms in total. The fourth-order valence-corrected chi connectivity index (χ4v) is 3.06. The third kappa shape index (κ3) is 7.02. The van der Waals surface area contributed by atoms with Crippen molar-refractivity contribution in [2.24, 2.45) is 5.73 Å². The number of methoxy groups -OCH3 is 2. The summed E-state index contributed by atoms with van der Waals surface area (Å²) >= 11 is 6.58. The van der Waals surface area contributed by atoms with E-state index in [1.54, 1.807) is 12.1 Å². The van der Waals surface area contributed by atoms with Gasteiger partial charge in [0.05, 0.1) is 19.1 Å². The van der Waals surface area contributed by atoms with Crippen LogP contribution in [0.25, 0.3) is 6.08 Å². The maximum atomic E-state index is 10.1. The van der Waals surface area contributed by atoms with Gasteiger partial charge in [-0.25, -0.2) is 0 Å². The molecule has 152 valence electrons. The van der Waals surface area contributed by atoms with E-state index in [9.17, 15) is 20.3 Å². The predicted octanol–water partition coefficient (Wildman–Crippen LogP) is 4.08. The van der Waals surface area contributed by atoms with Gasteiger partial charge in [-0.2, -0.15) is 0 Å². The Morgan fingerprint density at radius 2 is 1.61 bits per heavy atom. The van der Waals surface area contributed by atoms with Crippen molar-refractivity contribution in [2.75, 3.05) is 20.8 Å². The Morgan fingerprint density at radius 1 is 1.07 bits per heavy atom. The molecule has 2 rings (SSSR count). The van der Waals surface area contributed by atoms with Gasteiger partial charge in [0.1, 0.15) is 0 Å². The highest BCUT2D eigenvalue weighted by atomic mass is 79.9. The lowest BCUT2D eigenvalue weighted by Gasteiger charge is -2.07. The van der Waals surface area contributed by atoms with Crippen LogP contribution in [-0.4, -0.2) is 35.9 Å². The van der Waals surface area contributed by atoms with Gasteiger partial charge in [0.2, 0.25) is 6.20 Å². The predicted molar refractivity (Wildman–Crippen MR) is 114 cm³/mol. The van der Waals surface area contributed by atoms with Crippen molar-refractivity contribution in [1.29, 1.82) is 0 Å². The minimum absolute atomic E-state index is 0.0660. The summed E-state index contributed by atoms with van der Waals surface area (Å²) in [5.74, 6) is 0.852. The van der Waals surface area contributed by atoms with Crippen LogP contribution in [0, 0.1) is 10.1 Å². The molecule has 0 aliphatic rings. The lowest BCUT2D eigenvalue weighted by atomic mass is 10.1. The molecule has 2 aromatic carbocycles. The number of aromatic hydroxyl groups is 2. The van der Waals surface area contributed by atoms with E-state index in [1.165, 1.54) is 32.4 Å². The summed E-state index contributed by atoms with van der Waals surface area (Å²) in [6, 6.07) is 6.31. The number of nitro groups is 1. The quantitative estimate of drug-likeness (QED) is 0.387. The smallest absolute Gasteiger partial charge is 0.235 e. The van der Waals surface area contributed by atoms with Gasteiger partial charge in [-0.05, 0) is 48.4 Å². The number of ether oxygens (including phenoxy) is 2. The molecule has 0 amide bonds. The van der Waals surface area contributed by atoms with Crippen LogP contribution in [0.2, 0.25) is 0 Å². The van der Waals surface area contributed by atoms with Crippen LogP contribution in [0.4, 0.5) is 0 Å². The Hall–Kier alpha value is -2.30. The SMILES string of the molecule is COc1cc(Br)c(/C=C/[N+](=O)[O-])cc1O.COc1cc(Br)c(CCN)cc1O. The molecule has 0 saturated heterocycles. The third-order valence-electron chi connectivity index (χ3n) is 3.44. The van der Waals surface area contributed by atoms with E-state index in [1.807, 2.05) is 0 Å². The van der Waals surface area contributed by atoms with Crippen LogP contribution in [0.1, 0.15) is 11.1 Å². The minimum atomic E-state index is -0.576. The third-order valence-corrected chi connectivity index (χ3v) is 4.86. The van der Waals surface area contributed by atoms with Crippen molar-refractivity contribution in [3.05, 3.63) is 60.7 Å². The largest absolute Gasteiger partial charge is 0.504 e. The second-order valence-electron chi connectivity index (χ2n) is 5.30. The van der Waals surface area contributed by atoms with Gasteiger partial charge < -0.3 is 25.4 Å². The number of phenols is 2. The molecule has 28 heavy (non-hydrogen) atoms. The fraction of sp³-hybridized carbons (Fsp3) is 0.222. The number of phenolic OH excluding ortho intramolecular Hbond substituents is 2. The molecule has 0 aromatic heterocycles. The molecule has 0 atom stereocenters. The van der Waals surface area contributed by atoms with E-state index in [-0.39, 0.29) is 11.5 Å². The van der Waals surface area contributed by atoms with Crippen LogP contribution >= 0.6 is 31.9 Å². The van der Waals surface area contributed by atoms with Crippen molar-refractivity contribution in [1.82, 2.24) is 0 Å². The zero-order valence-electron chi connectivity index (χ0n) is 15.2. The van der Waals surface area contributed by atoms with Crippen LogP contribution in [0.5, 0.6) is 23.0 Å². The Bertz CT molecular complexity index is 858. The summed E-state index contributed by atoms with van der Waals surface area (Å²) in [4.78, 5) is 9.53. The Kier molecular flexibility index (Phi) is 9.77. The lowest BCUT2D eigenvalue weighted by molar-refractivity contribution is -0.400. The molecule has 0 radical (unpaired) electrons. The Morgan fingerprint density at radius 3 is 2.11 bits per heavy atom. The molecule has 0 aliphatic carbocycles. The minimum Gasteiger partial charge on any atom is -0.504 e. The van der Waals surface area contributed by atoms with Crippen molar-refractivity contribution in [3.63, 3.8) is 0 Å². The number of rotatable bonds is 6. The van der Waals surface area contributed by atoms with Crippen molar-refractivity contribution in [2.45, 2.75) is 6.42 Å². The van der Waals surface area contributed by atoms with Gasteiger partial charge in [-0.3, -0.25) is 10.1 Å². The second-order valence-corrected chi connectivity index (χ2v) is 7.01. The molecule has 0 fully saturated rings. The Labute approximate surface area is 179 Å². The Balaban J connectivity index is 0.000000283. The van der Waals surface area contributed by atoms with Crippen LogP contribution in [0.15, 0.2) is 39.4 Å². The molecule has 0 aliphatic heterocycles. The summed E-state index contributed by atoms with van der Waals surface area (Å²) in [5.41, 5.74) is 6.91. The van der Waals surface area contributed by atoms with Crippen molar-refractivity contribution in [3.8, 4) is 23.0 Å². The number of benzene rings is 2. The first-order chi connectivity index (χ1) is 13.2. The number of hydrogen-bond donors (Lipinski definition) is 3. The molecule has 0 heterocycles. The molecule has 0 unspecified atom stereocenters. The van der Waals surface area contributed by atoms with Crippen LogP contribution < -0.4 is 15.2 Å². The van der Waals surface area contributed by atoms with Gasteiger partial charge in [0.15, 0.2) is 23.0 Å². The van der Waals surface area contributed by atoms with Crippen LogP contribution in [0.3, 0.4) is 0 Å². The van der Waals surface area contributed by atoms with Gasteiger partial charge in [0.25, 0.3) is 0 Å². The number of hydrogen-bond acceptors (Lipinski definition) is 7. The molecule has 10 heteroatoms. The number of nitrogens with zero attached hydrogens (tertiary/aromatic N) is 1. The maximum absolute atomic E-state index is 10.1. The van der Waals surface area contributed by atoms with Gasteiger partial charge in [-0.15, -0.1) is 0 Å². The van der Waals surface area contributed by atoms with E-state index in [2.05, 4.69) is 31.9 Å². The lowest BCUT2D eigenvalue weighted by Crippen LogP contribution is -2.03. The van der Waals surface area contributed by atoms with E-state index >= 15 is 0 Å². The maximum Gasteiger partial charge on any atom is 0.235 e. The van der Waals surface area contributed by atoms with Crippen molar-refractivity contribution < 1.29 is 24.6 Å². The normalized spacial score (nSPS) is 10.3. The topological polar surface area (TPSA) is 128 Å². The monoisotopic (exact) mass is 518 g/mol. The summed E-state index contributed by atoms with van der Waals surface area (Å²) in [5, 5.41) is 29.0. The first kappa shape index (κ1) is 23.7. The molecular weight excluding hydrogens is 500 g/mol. The highest BCUT2D eigenvalue weighted by Gasteiger charge is 2.07. The second kappa shape index (κ2) is 11.5. The zero-order chi connectivity index (χ0) is 21.3. The van der Waals surface area contributed by atoms with E-state index in [4.69, 9.17) is 15.2 Å². The van der Waals surface area contributed by atoms with Crippen LogP contribution in [-0.2, 0) is 6.42 Å². The van der Waals surface area contributed by atoms with E-state index in [0.717, 1.165) is 22.7 Å². The van der Waals surface area contributed by atoms with E-state index in [0.29, 0.717) is 28.1 Å². The van der Waals surface area contributed by atoms with Gasteiger partial charge >= 0.3 is 0 Å². The molecular formula is C18H20Br2N2O6. The molecule has 0 saturated carbocycles. The summed E-state index contributed by atoms with van der Waals surface area (Å²) in [6.07, 6.45) is 2.81. The van der Waals surface area contributed by atoms with Gasteiger partial charge in [-0.1, -0.05) is 31.9 Å². The van der Waals surface area contributed by atoms with Crippen molar-refractivity contribution >= 4 is 37.9 Å². The summed E-state index contributed by atoms with van der Waals surface area (Å²) in [6.45, 7) is 0.560. The molecule has 4 N–H and O–H groups in total. The average molecular weight is 520 g/mol.